The maximum atomic E-state index is 15.6. The summed E-state index contributed by atoms with van der Waals surface area (Å²) in [4.78, 5) is 69.9. The minimum absolute atomic E-state index is 0.127. The van der Waals surface area contributed by atoms with Crippen LogP contribution in [0.1, 0.15) is 98.7 Å². The van der Waals surface area contributed by atoms with E-state index >= 15 is 4.79 Å². The van der Waals surface area contributed by atoms with E-state index in [0.717, 1.165) is 0 Å². The van der Waals surface area contributed by atoms with E-state index in [1.807, 2.05) is 20.8 Å². The summed E-state index contributed by atoms with van der Waals surface area (Å²) in [5.41, 5.74) is -10.5. The number of hydrogen-bond donors (Lipinski definition) is 1. The highest BCUT2D eigenvalue weighted by Crippen LogP contribution is 2.90. The Kier molecular flexibility index (Phi) is 6.88. The lowest BCUT2D eigenvalue weighted by molar-refractivity contribution is -0.234. The largest absolute Gasteiger partial charge is 0.472 e. The predicted molar refractivity (Wildman–Crippen MR) is 163 cm³/mol. The second-order valence-corrected chi connectivity index (χ2v) is 16.2. The number of cyclic esters (lactones) is 1. The lowest BCUT2D eigenvalue weighted by Gasteiger charge is -2.56. The molecule has 7 rings (SSSR count). The molecule has 6 aliphatic rings. The Morgan fingerprint density at radius 1 is 1.10 bits per heavy atom. The van der Waals surface area contributed by atoms with Crippen LogP contribution >= 0.6 is 0 Å². The molecule has 1 N–H and O–H groups in total. The predicted octanol–water partition coefficient (Wildman–Crippen LogP) is 4.01. The van der Waals surface area contributed by atoms with Gasteiger partial charge in [0.1, 0.15) is 17.3 Å². The molecule has 0 amide bonds. The summed E-state index contributed by atoms with van der Waals surface area (Å²) in [5.74, 6) is -5.96. The monoisotopic (exact) mass is 670 g/mol. The Bertz CT molecular complexity index is 1600. The molecule has 2 bridgehead atoms. The number of fused-ring (bicyclic) bond motifs is 2. The first-order valence-corrected chi connectivity index (χ1v) is 17.1. The van der Waals surface area contributed by atoms with E-state index in [2.05, 4.69) is 0 Å². The van der Waals surface area contributed by atoms with Crippen molar-refractivity contribution < 1.29 is 57.2 Å². The van der Waals surface area contributed by atoms with Gasteiger partial charge < -0.3 is 33.2 Å². The van der Waals surface area contributed by atoms with Crippen molar-refractivity contribution in [2.75, 3.05) is 7.11 Å². The van der Waals surface area contributed by atoms with E-state index in [0.29, 0.717) is 24.8 Å². The highest BCUT2D eigenvalue weighted by molar-refractivity contribution is 6.02. The van der Waals surface area contributed by atoms with E-state index in [9.17, 15) is 24.3 Å². The molecule has 48 heavy (non-hydrogen) atoms. The summed E-state index contributed by atoms with van der Waals surface area (Å²) >= 11 is 0. The number of carbonyl (C=O) groups is 5. The van der Waals surface area contributed by atoms with Crippen LogP contribution in [0.25, 0.3) is 0 Å². The molecule has 2 aliphatic heterocycles. The zero-order valence-electron chi connectivity index (χ0n) is 28.9. The first kappa shape index (κ1) is 33.3. The lowest BCUT2D eigenvalue weighted by Crippen LogP contribution is -2.76. The number of rotatable bonds is 8. The molecule has 6 fully saturated rings. The van der Waals surface area contributed by atoms with Gasteiger partial charge in [-0.15, -0.1) is 0 Å². The molecule has 2 saturated heterocycles. The number of Topliss-reactive ketones (excluding diaryl/α,β-unsaturated/α-hetero) is 1. The third kappa shape index (κ3) is 3.37. The van der Waals surface area contributed by atoms with Crippen LogP contribution in [-0.2, 0) is 47.7 Å². The molecule has 12 unspecified atom stereocenters. The molecule has 3 heterocycles. The van der Waals surface area contributed by atoms with Gasteiger partial charge in [0.2, 0.25) is 11.4 Å². The quantitative estimate of drug-likeness (QED) is 0.240. The highest BCUT2D eigenvalue weighted by Gasteiger charge is 3.05. The zero-order chi connectivity index (χ0) is 35.0. The van der Waals surface area contributed by atoms with Gasteiger partial charge in [-0.1, -0.05) is 48.5 Å². The maximum Gasteiger partial charge on any atom is 0.309 e. The number of ether oxygens (including phenoxy) is 5. The SMILES string of the molecule is CCC(C)C(=O)OC1C(=O)C2(OC(=O)C(C)C)C3(O)CC1(C)C(CC(=O)OC)C3(C)C1CCC3(C)C(c4ccoc4)OC(=O)CC34OC142. The van der Waals surface area contributed by atoms with Gasteiger partial charge in [-0.25, -0.2) is 0 Å². The number of carbonyl (C=O) groups excluding carboxylic acids is 5. The Morgan fingerprint density at radius 3 is 2.42 bits per heavy atom. The fourth-order valence-electron chi connectivity index (χ4n) is 11.5. The molecule has 4 aliphatic carbocycles. The molecule has 12 atom stereocenters. The van der Waals surface area contributed by atoms with Crippen molar-refractivity contribution in [3.05, 3.63) is 24.2 Å². The Balaban J connectivity index is 1.52. The van der Waals surface area contributed by atoms with E-state index in [1.165, 1.54) is 19.6 Å². The molecule has 12 heteroatoms. The van der Waals surface area contributed by atoms with Gasteiger partial charge in [-0.2, -0.15) is 0 Å². The van der Waals surface area contributed by atoms with Crippen LogP contribution in [0.2, 0.25) is 0 Å². The average molecular weight is 671 g/mol. The minimum atomic E-state index is -2.38. The zero-order valence-corrected chi connectivity index (χ0v) is 28.9. The summed E-state index contributed by atoms with van der Waals surface area (Å²) in [6.45, 7) is 12.3. The molecule has 262 valence electrons. The number of esters is 4. The Morgan fingerprint density at radius 2 is 1.81 bits per heavy atom. The first-order chi connectivity index (χ1) is 22.4. The molecule has 4 saturated carbocycles. The maximum absolute atomic E-state index is 15.6. The van der Waals surface area contributed by atoms with Crippen LogP contribution in [0.15, 0.2) is 23.0 Å². The summed E-state index contributed by atoms with van der Waals surface area (Å²) in [6, 6.07) is 1.71. The molecule has 0 aromatic carbocycles. The average Bonchev–Trinajstić information content (AvgIpc) is 3.30. The number of furan rings is 1. The van der Waals surface area contributed by atoms with Crippen molar-refractivity contribution in [1.82, 2.24) is 0 Å². The van der Waals surface area contributed by atoms with Gasteiger partial charge in [0.25, 0.3) is 0 Å². The minimum Gasteiger partial charge on any atom is -0.472 e. The van der Waals surface area contributed by atoms with Crippen molar-refractivity contribution in [3.8, 4) is 0 Å². The van der Waals surface area contributed by atoms with Crippen LogP contribution in [0.5, 0.6) is 0 Å². The molecule has 2 spiro atoms. The fraction of sp³-hybridized carbons (Fsp3) is 0.750. The van der Waals surface area contributed by atoms with Gasteiger partial charge in [0, 0.05) is 34.1 Å². The smallest absolute Gasteiger partial charge is 0.309 e. The van der Waals surface area contributed by atoms with Crippen molar-refractivity contribution in [2.45, 2.75) is 122 Å². The lowest BCUT2D eigenvalue weighted by atomic mass is 9.47. The van der Waals surface area contributed by atoms with Gasteiger partial charge in [0.15, 0.2) is 11.7 Å². The van der Waals surface area contributed by atoms with Crippen LogP contribution < -0.4 is 0 Å². The second-order valence-electron chi connectivity index (χ2n) is 16.2. The highest BCUT2D eigenvalue weighted by atomic mass is 16.7. The van der Waals surface area contributed by atoms with Gasteiger partial charge in [-0.3, -0.25) is 24.0 Å². The normalized spacial score (nSPS) is 47.0. The standard InChI is InChI=1S/C36H46O12/c1-9-19(4)29(41)46-27-25(39)36(47-28(40)18(2)3)33(42)17-30(27,5)22(14-23(37)43-8)32(33,7)21-10-12-31(6)26(20-11-13-44-16-20)45-24(38)15-34(31)35(21,36)48-34/h11,13,16,18-19,21-22,26-27,42H,9-10,12,14-15,17H2,1-8H3. The fourth-order valence-corrected chi connectivity index (χ4v) is 11.5. The van der Waals surface area contributed by atoms with Crippen molar-refractivity contribution in [3.63, 3.8) is 0 Å². The molecular formula is C36H46O12. The number of hydrogen-bond acceptors (Lipinski definition) is 12. The molecular weight excluding hydrogens is 624 g/mol. The Labute approximate surface area is 279 Å². The Hall–Kier alpha value is -3.25. The van der Waals surface area contributed by atoms with Gasteiger partial charge in [-0.05, 0) is 37.7 Å². The third-order valence-corrected chi connectivity index (χ3v) is 14.0. The first-order valence-electron chi connectivity index (χ1n) is 17.1. The van der Waals surface area contributed by atoms with Crippen molar-refractivity contribution in [2.24, 2.45) is 39.9 Å². The number of methoxy groups -OCH3 is 1. The van der Waals surface area contributed by atoms with Crippen molar-refractivity contribution >= 4 is 29.7 Å². The molecule has 1 aromatic heterocycles. The van der Waals surface area contributed by atoms with Crippen LogP contribution in [-0.4, -0.2) is 70.4 Å². The second kappa shape index (κ2) is 9.93. The van der Waals surface area contributed by atoms with Gasteiger partial charge in [0.05, 0.1) is 37.9 Å². The third-order valence-electron chi connectivity index (χ3n) is 14.0. The topological polar surface area (TPSA) is 168 Å². The van der Waals surface area contributed by atoms with E-state index in [4.69, 9.17) is 28.1 Å². The van der Waals surface area contributed by atoms with E-state index in [1.54, 1.807) is 33.8 Å². The van der Waals surface area contributed by atoms with Crippen molar-refractivity contribution in [1.29, 1.82) is 0 Å². The van der Waals surface area contributed by atoms with E-state index < -0.39 is 104 Å². The summed E-state index contributed by atoms with van der Waals surface area (Å²) < 4.78 is 36.2. The van der Waals surface area contributed by atoms with Gasteiger partial charge >= 0.3 is 23.9 Å². The summed E-state index contributed by atoms with van der Waals surface area (Å²) in [7, 11) is 1.27. The van der Waals surface area contributed by atoms with Crippen LogP contribution in [0.3, 0.4) is 0 Å². The molecule has 12 nitrogen and oxygen atoms in total. The van der Waals surface area contributed by atoms with Crippen LogP contribution in [0.4, 0.5) is 0 Å². The number of epoxide rings is 1. The van der Waals surface area contributed by atoms with Crippen LogP contribution in [0, 0.1) is 39.9 Å². The number of ketones is 1. The summed E-state index contributed by atoms with van der Waals surface area (Å²) in [5, 5.41) is 13.5. The molecule has 0 radical (unpaired) electrons. The van der Waals surface area contributed by atoms with E-state index in [-0.39, 0.29) is 19.3 Å². The molecule has 1 aromatic rings. The number of aliphatic hydroxyl groups is 1. The summed E-state index contributed by atoms with van der Waals surface area (Å²) in [6.07, 6.45) is 1.39.